The molecule has 2 atom stereocenters. The Morgan fingerprint density at radius 3 is 2.56 bits per heavy atom. The van der Waals surface area contributed by atoms with Crippen molar-refractivity contribution in [2.24, 2.45) is 5.92 Å². The van der Waals surface area contributed by atoms with E-state index >= 15 is 0 Å². The fraction of sp³-hybridized carbons (Fsp3) is 0.417. The standard InChI is InChI=1S/C12H15BrN2O/c1-15(2)8-9(7-14)12(16)10-5-3-4-6-11(10)13/h3-6,9,12,16H,8H2,1-2H3/t9-,12-/m0/s1. The quantitative estimate of drug-likeness (QED) is 0.921. The zero-order chi connectivity index (χ0) is 12.1. The second-order valence-corrected chi connectivity index (χ2v) is 4.82. The van der Waals surface area contributed by atoms with E-state index in [4.69, 9.17) is 5.26 Å². The molecule has 0 heterocycles. The largest absolute Gasteiger partial charge is 0.387 e. The average molecular weight is 283 g/mol. The first-order valence-corrected chi connectivity index (χ1v) is 5.82. The lowest BCUT2D eigenvalue weighted by molar-refractivity contribution is 0.117. The second kappa shape index (κ2) is 6.00. The smallest absolute Gasteiger partial charge is 0.0971 e. The zero-order valence-electron chi connectivity index (χ0n) is 9.39. The number of nitrogens with zero attached hydrogens (tertiary/aromatic N) is 2. The molecule has 0 bridgehead atoms. The molecule has 0 unspecified atom stereocenters. The summed E-state index contributed by atoms with van der Waals surface area (Å²) in [5.41, 5.74) is 0.760. The Bertz CT molecular complexity index is 387. The minimum Gasteiger partial charge on any atom is -0.387 e. The summed E-state index contributed by atoms with van der Waals surface area (Å²) in [7, 11) is 3.77. The number of halogens is 1. The van der Waals surface area contributed by atoms with E-state index in [0.717, 1.165) is 10.0 Å². The van der Waals surface area contributed by atoms with E-state index in [1.54, 1.807) is 0 Å². The van der Waals surface area contributed by atoms with Gasteiger partial charge >= 0.3 is 0 Å². The molecule has 1 rings (SSSR count). The lowest BCUT2D eigenvalue weighted by Crippen LogP contribution is -2.25. The first-order chi connectivity index (χ1) is 7.56. The first kappa shape index (κ1) is 13.2. The molecule has 0 aromatic heterocycles. The van der Waals surface area contributed by atoms with E-state index in [2.05, 4.69) is 22.0 Å². The molecule has 4 heteroatoms. The predicted octanol–water partition coefficient (Wildman–Crippen LogP) is 2.18. The highest BCUT2D eigenvalue weighted by atomic mass is 79.9. The van der Waals surface area contributed by atoms with Gasteiger partial charge in [0.1, 0.15) is 0 Å². The maximum absolute atomic E-state index is 10.1. The molecule has 0 fully saturated rings. The van der Waals surface area contributed by atoms with E-state index in [0.29, 0.717) is 6.54 Å². The maximum Gasteiger partial charge on any atom is 0.0971 e. The Kier molecular flexibility index (Phi) is 4.94. The van der Waals surface area contributed by atoms with Crippen LogP contribution in [-0.2, 0) is 0 Å². The number of rotatable bonds is 4. The van der Waals surface area contributed by atoms with Gasteiger partial charge in [-0.1, -0.05) is 34.1 Å². The maximum atomic E-state index is 10.1. The molecule has 0 saturated heterocycles. The van der Waals surface area contributed by atoms with E-state index < -0.39 is 12.0 Å². The van der Waals surface area contributed by atoms with Crippen LogP contribution in [0.15, 0.2) is 28.7 Å². The lowest BCUT2D eigenvalue weighted by atomic mass is 9.96. The summed E-state index contributed by atoms with van der Waals surface area (Å²) in [4.78, 5) is 1.90. The zero-order valence-corrected chi connectivity index (χ0v) is 11.0. The molecule has 0 amide bonds. The molecule has 0 radical (unpaired) electrons. The minimum atomic E-state index is -0.761. The summed E-state index contributed by atoms with van der Waals surface area (Å²) in [6.07, 6.45) is -0.761. The van der Waals surface area contributed by atoms with Crippen molar-refractivity contribution in [1.29, 1.82) is 5.26 Å². The summed E-state index contributed by atoms with van der Waals surface area (Å²) in [6, 6.07) is 9.58. The van der Waals surface area contributed by atoms with Crippen molar-refractivity contribution in [3.8, 4) is 6.07 Å². The fourth-order valence-electron chi connectivity index (χ4n) is 1.54. The monoisotopic (exact) mass is 282 g/mol. The van der Waals surface area contributed by atoms with Crippen molar-refractivity contribution < 1.29 is 5.11 Å². The van der Waals surface area contributed by atoms with E-state index in [-0.39, 0.29) is 0 Å². The van der Waals surface area contributed by atoms with Crippen molar-refractivity contribution in [3.05, 3.63) is 34.3 Å². The molecule has 16 heavy (non-hydrogen) atoms. The van der Waals surface area contributed by atoms with Crippen molar-refractivity contribution in [2.45, 2.75) is 6.10 Å². The van der Waals surface area contributed by atoms with Crippen LogP contribution >= 0.6 is 15.9 Å². The summed E-state index contributed by atoms with van der Waals surface area (Å²) in [5, 5.41) is 19.2. The van der Waals surface area contributed by atoms with Gasteiger partial charge in [0.2, 0.25) is 0 Å². The Hall–Kier alpha value is -0.890. The van der Waals surface area contributed by atoms with Crippen LogP contribution in [0, 0.1) is 17.2 Å². The van der Waals surface area contributed by atoms with Crippen LogP contribution in [0.5, 0.6) is 0 Å². The number of hydrogen-bond donors (Lipinski definition) is 1. The fourth-order valence-corrected chi connectivity index (χ4v) is 2.06. The Labute approximate surface area is 104 Å². The molecule has 0 saturated carbocycles. The average Bonchev–Trinajstić information content (AvgIpc) is 2.25. The molecule has 0 aliphatic heterocycles. The molecular formula is C12H15BrN2O. The number of aliphatic hydroxyl groups excluding tert-OH is 1. The Morgan fingerprint density at radius 1 is 1.44 bits per heavy atom. The van der Waals surface area contributed by atoms with Crippen molar-refractivity contribution >= 4 is 15.9 Å². The normalized spacial score (nSPS) is 14.5. The van der Waals surface area contributed by atoms with Crippen LogP contribution in [0.2, 0.25) is 0 Å². The van der Waals surface area contributed by atoms with Crippen molar-refractivity contribution in [1.82, 2.24) is 4.90 Å². The topological polar surface area (TPSA) is 47.3 Å². The number of aliphatic hydroxyl groups is 1. The summed E-state index contributed by atoms with van der Waals surface area (Å²) in [6.45, 7) is 0.541. The molecule has 0 aliphatic rings. The molecular weight excluding hydrogens is 268 g/mol. The van der Waals surface area contributed by atoms with Crippen LogP contribution < -0.4 is 0 Å². The van der Waals surface area contributed by atoms with Gasteiger partial charge in [-0.05, 0) is 25.7 Å². The third kappa shape index (κ3) is 3.31. The van der Waals surface area contributed by atoms with Gasteiger partial charge in [-0.15, -0.1) is 0 Å². The number of benzene rings is 1. The minimum absolute atomic E-state index is 0.423. The van der Waals surface area contributed by atoms with E-state index in [1.165, 1.54) is 0 Å². The van der Waals surface area contributed by atoms with Gasteiger partial charge in [-0.3, -0.25) is 0 Å². The van der Waals surface area contributed by atoms with Gasteiger partial charge in [0, 0.05) is 11.0 Å². The molecule has 0 spiro atoms. The number of nitriles is 1. The van der Waals surface area contributed by atoms with Gasteiger partial charge in [-0.25, -0.2) is 0 Å². The van der Waals surface area contributed by atoms with Crippen LogP contribution in [0.3, 0.4) is 0 Å². The molecule has 0 aliphatic carbocycles. The Morgan fingerprint density at radius 2 is 2.06 bits per heavy atom. The third-order valence-corrected chi connectivity index (χ3v) is 3.05. The van der Waals surface area contributed by atoms with Crippen LogP contribution in [0.4, 0.5) is 0 Å². The third-order valence-electron chi connectivity index (χ3n) is 2.33. The van der Waals surface area contributed by atoms with E-state index in [9.17, 15) is 5.11 Å². The van der Waals surface area contributed by atoms with Crippen LogP contribution in [-0.4, -0.2) is 30.6 Å². The molecule has 86 valence electrons. The Balaban J connectivity index is 2.88. The highest BCUT2D eigenvalue weighted by molar-refractivity contribution is 9.10. The first-order valence-electron chi connectivity index (χ1n) is 5.03. The van der Waals surface area contributed by atoms with E-state index in [1.807, 2.05) is 43.3 Å². The highest BCUT2D eigenvalue weighted by Gasteiger charge is 2.22. The van der Waals surface area contributed by atoms with Crippen LogP contribution in [0.1, 0.15) is 11.7 Å². The molecule has 1 N–H and O–H groups in total. The lowest BCUT2D eigenvalue weighted by Gasteiger charge is -2.21. The molecule has 3 nitrogen and oxygen atoms in total. The van der Waals surface area contributed by atoms with Gasteiger partial charge in [0.25, 0.3) is 0 Å². The highest BCUT2D eigenvalue weighted by Crippen LogP contribution is 2.28. The van der Waals surface area contributed by atoms with Gasteiger partial charge in [-0.2, -0.15) is 5.26 Å². The summed E-state index contributed by atoms with van der Waals surface area (Å²) < 4.78 is 0.835. The van der Waals surface area contributed by atoms with Crippen molar-refractivity contribution in [2.75, 3.05) is 20.6 Å². The molecule has 1 aromatic rings. The predicted molar refractivity (Wildman–Crippen MR) is 66.8 cm³/mol. The SMILES string of the molecule is CN(C)C[C@H](C#N)[C@H](O)c1ccccc1Br. The van der Waals surface area contributed by atoms with Crippen molar-refractivity contribution in [3.63, 3.8) is 0 Å². The summed E-state index contributed by atoms with van der Waals surface area (Å²) in [5.74, 6) is -0.423. The van der Waals surface area contributed by atoms with Crippen LogP contribution in [0.25, 0.3) is 0 Å². The number of hydrogen-bond acceptors (Lipinski definition) is 3. The van der Waals surface area contributed by atoms with Gasteiger partial charge < -0.3 is 10.0 Å². The summed E-state index contributed by atoms with van der Waals surface area (Å²) >= 11 is 3.38. The molecule has 1 aromatic carbocycles. The van der Waals surface area contributed by atoms with Gasteiger partial charge in [0.15, 0.2) is 0 Å². The van der Waals surface area contributed by atoms with Gasteiger partial charge in [0.05, 0.1) is 18.1 Å². The second-order valence-electron chi connectivity index (χ2n) is 3.96.